The molecule has 0 spiro atoms. The Hall–Kier alpha value is -4.43. The SMILES string of the molecule is CCCOC(=O)c1cccc(NC(=O)c2ccc(C)c(NC3=C(Cl)C(=O)N(Cc4ccccc4)C3=O)c2)c1. The van der Waals surface area contributed by atoms with Crippen molar-refractivity contribution < 1.29 is 23.9 Å². The van der Waals surface area contributed by atoms with Crippen LogP contribution in [0.5, 0.6) is 0 Å². The molecular weight excluding hydrogens is 506 g/mol. The summed E-state index contributed by atoms with van der Waals surface area (Å²) in [4.78, 5) is 51.9. The van der Waals surface area contributed by atoms with Gasteiger partial charge in [0, 0.05) is 16.9 Å². The number of benzene rings is 3. The Morgan fingerprint density at radius 2 is 1.68 bits per heavy atom. The standard InChI is InChI=1S/C29H26ClN3O5/c1-3-14-38-29(37)21-10-7-11-22(15-21)31-26(34)20-13-12-18(2)23(16-20)32-25-24(30)27(35)33(28(25)36)17-19-8-5-4-6-9-19/h4-13,15-16,32H,3,14,17H2,1-2H3,(H,31,34). The molecule has 38 heavy (non-hydrogen) atoms. The molecule has 1 heterocycles. The highest BCUT2D eigenvalue weighted by Gasteiger charge is 2.38. The Kier molecular flexibility index (Phi) is 8.23. The third kappa shape index (κ3) is 5.92. The summed E-state index contributed by atoms with van der Waals surface area (Å²) in [5.74, 6) is -2.03. The summed E-state index contributed by atoms with van der Waals surface area (Å²) in [6.45, 7) is 4.10. The molecule has 0 saturated heterocycles. The molecule has 0 unspecified atom stereocenters. The number of ether oxygens (including phenoxy) is 1. The minimum Gasteiger partial charge on any atom is -0.462 e. The minimum absolute atomic E-state index is 0.0495. The number of esters is 1. The summed E-state index contributed by atoms with van der Waals surface area (Å²) in [7, 11) is 0. The predicted octanol–water partition coefficient (Wildman–Crippen LogP) is 5.25. The quantitative estimate of drug-likeness (QED) is 0.289. The van der Waals surface area contributed by atoms with E-state index in [4.69, 9.17) is 16.3 Å². The number of halogens is 1. The van der Waals surface area contributed by atoms with Crippen LogP contribution in [-0.2, 0) is 20.9 Å². The lowest BCUT2D eigenvalue weighted by Gasteiger charge is -2.16. The van der Waals surface area contributed by atoms with Gasteiger partial charge in [-0.05, 0) is 54.8 Å². The zero-order valence-electron chi connectivity index (χ0n) is 20.9. The lowest BCUT2D eigenvalue weighted by atomic mass is 10.1. The molecule has 9 heteroatoms. The first-order valence-corrected chi connectivity index (χ1v) is 12.4. The average molecular weight is 532 g/mol. The molecule has 0 atom stereocenters. The topological polar surface area (TPSA) is 105 Å². The van der Waals surface area contributed by atoms with Crippen LogP contribution in [0.3, 0.4) is 0 Å². The molecule has 0 radical (unpaired) electrons. The van der Waals surface area contributed by atoms with Gasteiger partial charge in [0.1, 0.15) is 10.7 Å². The summed E-state index contributed by atoms with van der Waals surface area (Å²) >= 11 is 6.26. The molecule has 0 bridgehead atoms. The summed E-state index contributed by atoms with van der Waals surface area (Å²) in [6, 6.07) is 20.5. The van der Waals surface area contributed by atoms with Crippen LogP contribution >= 0.6 is 11.6 Å². The van der Waals surface area contributed by atoms with Gasteiger partial charge in [-0.3, -0.25) is 19.3 Å². The lowest BCUT2D eigenvalue weighted by Crippen LogP contribution is -2.31. The van der Waals surface area contributed by atoms with Gasteiger partial charge in [-0.1, -0.05) is 61.0 Å². The molecule has 1 aliphatic rings. The normalized spacial score (nSPS) is 13.1. The van der Waals surface area contributed by atoms with Crippen LogP contribution in [0.15, 0.2) is 83.5 Å². The van der Waals surface area contributed by atoms with Gasteiger partial charge in [-0.25, -0.2) is 4.79 Å². The first-order valence-electron chi connectivity index (χ1n) is 12.0. The van der Waals surface area contributed by atoms with Crippen LogP contribution < -0.4 is 10.6 Å². The highest BCUT2D eigenvalue weighted by atomic mass is 35.5. The van der Waals surface area contributed by atoms with Crippen LogP contribution in [-0.4, -0.2) is 35.2 Å². The second kappa shape index (κ2) is 11.7. The van der Waals surface area contributed by atoms with E-state index in [1.165, 1.54) is 6.07 Å². The number of nitrogens with zero attached hydrogens (tertiary/aromatic N) is 1. The van der Waals surface area contributed by atoms with Crippen molar-refractivity contribution in [2.24, 2.45) is 0 Å². The molecule has 0 fully saturated rings. The second-order valence-electron chi connectivity index (χ2n) is 8.70. The van der Waals surface area contributed by atoms with Gasteiger partial charge in [-0.15, -0.1) is 0 Å². The molecule has 0 aromatic heterocycles. The summed E-state index contributed by atoms with van der Waals surface area (Å²) < 4.78 is 5.15. The van der Waals surface area contributed by atoms with Crippen molar-refractivity contribution in [3.05, 3.63) is 106 Å². The van der Waals surface area contributed by atoms with E-state index in [-0.39, 0.29) is 17.3 Å². The fourth-order valence-corrected chi connectivity index (χ4v) is 4.03. The van der Waals surface area contributed by atoms with Crippen molar-refractivity contribution in [2.75, 3.05) is 17.2 Å². The van der Waals surface area contributed by atoms with Crippen LogP contribution in [0.1, 0.15) is 45.2 Å². The Morgan fingerprint density at radius 1 is 0.921 bits per heavy atom. The maximum absolute atomic E-state index is 13.0. The van der Waals surface area contributed by atoms with E-state index in [0.29, 0.717) is 35.5 Å². The molecule has 0 aliphatic carbocycles. The van der Waals surface area contributed by atoms with Crippen LogP contribution in [0.2, 0.25) is 0 Å². The maximum atomic E-state index is 13.0. The Bertz CT molecular complexity index is 1440. The van der Waals surface area contributed by atoms with E-state index >= 15 is 0 Å². The number of carbonyl (C=O) groups is 4. The molecular formula is C29H26ClN3O5. The molecule has 3 aromatic carbocycles. The molecule has 3 aromatic rings. The highest BCUT2D eigenvalue weighted by Crippen LogP contribution is 2.29. The molecule has 1 aliphatic heterocycles. The number of carbonyl (C=O) groups excluding carboxylic acids is 4. The van der Waals surface area contributed by atoms with Crippen LogP contribution in [0.4, 0.5) is 11.4 Å². The minimum atomic E-state index is -0.591. The van der Waals surface area contributed by atoms with Crippen molar-refractivity contribution in [3.63, 3.8) is 0 Å². The van der Waals surface area contributed by atoms with Gasteiger partial charge < -0.3 is 15.4 Å². The Labute approximate surface area is 225 Å². The van der Waals surface area contributed by atoms with E-state index < -0.39 is 23.7 Å². The van der Waals surface area contributed by atoms with Gasteiger partial charge in [-0.2, -0.15) is 0 Å². The average Bonchev–Trinajstić information content (AvgIpc) is 3.12. The predicted molar refractivity (Wildman–Crippen MR) is 145 cm³/mol. The van der Waals surface area contributed by atoms with Gasteiger partial charge in [0.05, 0.1) is 18.7 Å². The number of imide groups is 1. The van der Waals surface area contributed by atoms with Gasteiger partial charge in [0.15, 0.2) is 0 Å². The van der Waals surface area contributed by atoms with E-state index in [1.54, 1.807) is 43.3 Å². The highest BCUT2D eigenvalue weighted by molar-refractivity contribution is 6.48. The molecule has 2 N–H and O–H groups in total. The zero-order chi connectivity index (χ0) is 27.2. The second-order valence-corrected chi connectivity index (χ2v) is 9.07. The van der Waals surface area contributed by atoms with Gasteiger partial charge in [0.25, 0.3) is 17.7 Å². The summed E-state index contributed by atoms with van der Waals surface area (Å²) in [5.41, 5.74) is 2.98. The molecule has 3 amide bonds. The zero-order valence-corrected chi connectivity index (χ0v) is 21.7. The fourth-order valence-electron chi connectivity index (χ4n) is 3.80. The number of amides is 3. The number of anilines is 2. The first-order chi connectivity index (χ1) is 18.3. The molecule has 8 nitrogen and oxygen atoms in total. The van der Waals surface area contributed by atoms with Crippen molar-refractivity contribution >= 4 is 46.7 Å². The van der Waals surface area contributed by atoms with E-state index in [9.17, 15) is 19.2 Å². The Morgan fingerprint density at radius 3 is 2.42 bits per heavy atom. The van der Waals surface area contributed by atoms with Crippen molar-refractivity contribution in [1.29, 1.82) is 0 Å². The first kappa shape index (κ1) is 26.6. The monoisotopic (exact) mass is 531 g/mol. The number of aryl methyl sites for hydroxylation is 1. The van der Waals surface area contributed by atoms with E-state index in [1.807, 2.05) is 37.3 Å². The van der Waals surface area contributed by atoms with Gasteiger partial charge >= 0.3 is 5.97 Å². The number of hydrogen-bond acceptors (Lipinski definition) is 6. The number of rotatable bonds is 9. The maximum Gasteiger partial charge on any atom is 0.338 e. The van der Waals surface area contributed by atoms with E-state index in [2.05, 4.69) is 10.6 Å². The summed E-state index contributed by atoms with van der Waals surface area (Å²) in [6.07, 6.45) is 0.707. The third-order valence-corrected chi connectivity index (χ3v) is 6.20. The van der Waals surface area contributed by atoms with Crippen LogP contribution in [0, 0.1) is 6.92 Å². The van der Waals surface area contributed by atoms with Crippen molar-refractivity contribution in [1.82, 2.24) is 4.90 Å². The molecule has 194 valence electrons. The van der Waals surface area contributed by atoms with Crippen molar-refractivity contribution in [2.45, 2.75) is 26.8 Å². The summed E-state index contributed by atoms with van der Waals surface area (Å²) in [5, 5.41) is 5.50. The molecule has 4 rings (SSSR count). The van der Waals surface area contributed by atoms with Crippen LogP contribution in [0.25, 0.3) is 0 Å². The van der Waals surface area contributed by atoms with E-state index in [0.717, 1.165) is 16.0 Å². The molecule has 0 saturated carbocycles. The largest absolute Gasteiger partial charge is 0.462 e. The Balaban J connectivity index is 1.49. The lowest BCUT2D eigenvalue weighted by molar-refractivity contribution is -0.138. The van der Waals surface area contributed by atoms with Crippen molar-refractivity contribution in [3.8, 4) is 0 Å². The number of hydrogen-bond donors (Lipinski definition) is 2. The number of nitrogens with one attached hydrogen (secondary N) is 2. The fraction of sp³-hybridized carbons (Fsp3) is 0.172. The third-order valence-electron chi connectivity index (χ3n) is 5.85. The smallest absolute Gasteiger partial charge is 0.338 e. The van der Waals surface area contributed by atoms with Gasteiger partial charge in [0.2, 0.25) is 0 Å².